The van der Waals surface area contributed by atoms with Crippen LogP contribution < -0.4 is 10.1 Å². The molecule has 0 radical (unpaired) electrons. The Kier molecular flexibility index (Phi) is 5.09. The van der Waals surface area contributed by atoms with Gasteiger partial charge in [0, 0.05) is 12.0 Å². The zero-order chi connectivity index (χ0) is 17.1. The molecule has 6 nitrogen and oxygen atoms in total. The molecular weight excluding hydrogens is 318 g/mol. The summed E-state index contributed by atoms with van der Waals surface area (Å²) in [5, 5.41) is 2.72. The summed E-state index contributed by atoms with van der Waals surface area (Å²) in [6.07, 6.45) is 0.846. The number of nitrogens with one attached hydrogen (secondary N) is 1. The number of amides is 1. The van der Waals surface area contributed by atoms with Gasteiger partial charge in [0.2, 0.25) is 0 Å². The number of ether oxygens (including phenoxy) is 1. The lowest BCUT2D eigenvalue weighted by molar-refractivity contribution is -0.124. The second-order valence-electron chi connectivity index (χ2n) is 6.04. The maximum absolute atomic E-state index is 11.9. The Hall–Kier alpha value is -1.89. The van der Waals surface area contributed by atoms with Crippen LogP contribution in [0.3, 0.4) is 0 Å². The first-order valence-corrected chi connectivity index (χ1v) is 9.33. The van der Waals surface area contributed by atoms with Gasteiger partial charge in [0.1, 0.15) is 5.75 Å². The van der Waals surface area contributed by atoms with E-state index in [1.807, 2.05) is 0 Å². The smallest absolute Gasteiger partial charge is 0.258 e. The fourth-order valence-electron chi connectivity index (χ4n) is 2.57. The number of hydrogen-bond donors (Lipinski definition) is 1. The topological polar surface area (TPSA) is 89.5 Å². The molecule has 1 N–H and O–H groups in total. The Labute approximate surface area is 136 Å². The maximum atomic E-state index is 11.9. The predicted octanol–water partition coefficient (Wildman–Crippen LogP) is 1.35. The number of benzene rings is 1. The lowest BCUT2D eigenvalue weighted by atomic mass is 10.0. The third-order valence-electron chi connectivity index (χ3n) is 3.81. The Morgan fingerprint density at radius 3 is 2.43 bits per heavy atom. The minimum absolute atomic E-state index is 0.0421. The normalized spacial score (nSPS) is 22.5. The van der Waals surface area contributed by atoms with Crippen molar-refractivity contribution in [2.24, 2.45) is 0 Å². The van der Waals surface area contributed by atoms with Crippen molar-refractivity contribution < 1.29 is 22.7 Å². The van der Waals surface area contributed by atoms with Gasteiger partial charge >= 0.3 is 0 Å². The van der Waals surface area contributed by atoms with Crippen LogP contribution in [0.15, 0.2) is 24.3 Å². The van der Waals surface area contributed by atoms with E-state index in [1.165, 1.54) is 0 Å². The summed E-state index contributed by atoms with van der Waals surface area (Å²) in [7, 11) is -3.07. The Bertz CT molecular complexity index is 696. The maximum Gasteiger partial charge on any atom is 0.258 e. The number of hydrogen-bond acceptors (Lipinski definition) is 5. The van der Waals surface area contributed by atoms with Gasteiger partial charge in [-0.25, -0.2) is 8.42 Å². The molecule has 0 aliphatic carbocycles. The minimum Gasteiger partial charge on any atom is -0.484 e. The van der Waals surface area contributed by atoms with Crippen molar-refractivity contribution in [3.63, 3.8) is 0 Å². The number of carbonyl (C=O) groups excluding carboxylic acids is 2. The van der Waals surface area contributed by atoms with Crippen LogP contribution in [0.5, 0.6) is 5.75 Å². The van der Waals surface area contributed by atoms with E-state index < -0.39 is 15.4 Å². The lowest BCUT2D eigenvalue weighted by Crippen LogP contribution is -2.48. The molecule has 1 aliphatic heterocycles. The first-order valence-electron chi connectivity index (χ1n) is 7.50. The predicted molar refractivity (Wildman–Crippen MR) is 86.4 cm³/mol. The second kappa shape index (κ2) is 6.70. The molecule has 0 saturated carbocycles. The fourth-order valence-corrected chi connectivity index (χ4v) is 4.66. The van der Waals surface area contributed by atoms with Gasteiger partial charge in [0.25, 0.3) is 5.91 Å². The highest BCUT2D eigenvalue weighted by Gasteiger charge is 2.39. The van der Waals surface area contributed by atoms with Crippen LogP contribution in [-0.4, -0.2) is 43.8 Å². The molecule has 0 bridgehead atoms. The molecule has 1 saturated heterocycles. The third-order valence-corrected chi connectivity index (χ3v) is 5.71. The molecule has 1 aromatic rings. The third kappa shape index (κ3) is 4.79. The van der Waals surface area contributed by atoms with Gasteiger partial charge in [-0.2, -0.15) is 0 Å². The molecule has 0 unspecified atom stereocenters. The van der Waals surface area contributed by atoms with E-state index in [1.54, 1.807) is 38.1 Å². The SMILES string of the molecule is CCC(=O)c1ccc(OCC(=O)N[C@]2(C)CCS(=O)(=O)C2)cc1. The average molecular weight is 339 g/mol. The van der Waals surface area contributed by atoms with E-state index in [9.17, 15) is 18.0 Å². The minimum atomic E-state index is -3.07. The number of rotatable bonds is 6. The summed E-state index contributed by atoms with van der Waals surface area (Å²) >= 11 is 0. The molecule has 1 fully saturated rings. The van der Waals surface area contributed by atoms with Crippen molar-refractivity contribution in [1.29, 1.82) is 0 Å². The molecule has 1 atom stereocenters. The highest BCUT2D eigenvalue weighted by atomic mass is 32.2. The van der Waals surface area contributed by atoms with E-state index in [0.717, 1.165) is 0 Å². The number of sulfone groups is 1. The van der Waals surface area contributed by atoms with E-state index in [4.69, 9.17) is 4.74 Å². The van der Waals surface area contributed by atoms with Crippen LogP contribution in [0.2, 0.25) is 0 Å². The molecule has 126 valence electrons. The number of Topliss-reactive ketones (excluding diaryl/α,β-unsaturated/α-hetero) is 1. The first kappa shape index (κ1) is 17.5. The van der Waals surface area contributed by atoms with Crippen LogP contribution in [0.1, 0.15) is 37.0 Å². The van der Waals surface area contributed by atoms with Gasteiger partial charge in [0.15, 0.2) is 22.2 Å². The summed E-state index contributed by atoms with van der Waals surface area (Å²) in [5.74, 6) is 0.219. The Morgan fingerprint density at radius 2 is 1.91 bits per heavy atom. The van der Waals surface area contributed by atoms with Crippen LogP contribution in [-0.2, 0) is 14.6 Å². The highest BCUT2D eigenvalue weighted by molar-refractivity contribution is 7.91. The number of carbonyl (C=O) groups is 2. The van der Waals surface area contributed by atoms with Gasteiger partial charge in [-0.3, -0.25) is 9.59 Å². The fraction of sp³-hybridized carbons (Fsp3) is 0.500. The summed E-state index contributed by atoms with van der Waals surface area (Å²) in [6, 6.07) is 6.59. The van der Waals surface area contributed by atoms with E-state index >= 15 is 0 Å². The molecule has 1 aliphatic rings. The van der Waals surface area contributed by atoms with Crippen molar-refractivity contribution in [2.75, 3.05) is 18.1 Å². The average Bonchev–Trinajstić information content (AvgIpc) is 2.78. The van der Waals surface area contributed by atoms with Gasteiger partial charge in [-0.05, 0) is 37.6 Å². The summed E-state index contributed by atoms with van der Waals surface area (Å²) in [5.41, 5.74) is -0.121. The molecule has 0 aromatic heterocycles. The molecule has 7 heteroatoms. The van der Waals surface area contributed by atoms with Crippen molar-refractivity contribution in [2.45, 2.75) is 32.2 Å². The van der Waals surface area contributed by atoms with Crippen LogP contribution in [0.25, 0.3) is 0 Å². The van der Waals surface area contributed by atoms with Gasteiger partial charge < -0.3 is 10.1 Å². The first-order chi connectivity index (χ1) is 10.7. The summed E-state index contributed by atoms with van der Waals surface area (Å²) in [6.45, 7) is 3.32. The van der Waals surface area contributed by atoms with Crippen LogP contribution in [0, 0.1) is 0 Å². The monoisotopic (exact) mass is 339 g/mol. The molecule has 2 rings (SSSR count). The zero-order valence-corrected chi connectivity index (χ0v) is 14.1. The summed E-state index contributed by atoms with van der Waals surface area (Å²) < 4.78 is 28.4. The van der Waals surface area contributed by atoms with Gasteiger partial charge in [-0.15, -0.1) is 0 Å². The number of ketones is 1. The Morgan fingerprint density at radius 1 is 1.26 bits per heavy atom. The van der Waals surface area contributed by atoms with Crippen LogP contribution >= 0.6 is 0 Å². The largest absolute Gasteiger partial charge is 0.484 e. The molecule has 1 heterocycles. The van der Waals surface area contributed by atoms with E-state index in [2.05, 4.69) is 5.32 Å². The van der Waals surface area contributed by atoms with Crippen molar-refractivity contribution in [1.82, 2.24) is 5.32 Å². The molecule has 23 heavy (non-hydrogen) atoms. The molecule has 1 amide bonds. The molecule has 1 aromatic carbocycles. The van der Waals surface area contributed by atoms with Gasteiger partial charge in [-0.1, -0.05) is 6.92 Å². The van der Waals surface area contributed by atoms with E-state index in [-0.39, 0.29) is 29.8 Å². The molecular formula is C16H21NO5S. The van der Waals surface area contributed by atoms with Crippen LogP contribution in [0.4, 0.5) is 0 Å². The van der Waals surface area contributed by atoms with E-state index in [0.29, 0.717) is 24.2 Å². The van der Waals surface area contributed by atoms with Crippen molar-refractivity contribution in [3.8, 4) is 5.75 Å². The van der Waals surface area contributed by atoms with Crippen molar-refractivity contribution >= 4 is 21.5 Å². The lowest BCUT2D eigenvalue weighted by Gasteiger charge is -2.23. The summed E-state index contributed by atoms with van der Waals surface area (Å²) in [4.78, 5) is 23.4. The second-order valence-corrected chi connectivity index (χ2v) is 8.22. The van der Waals surface area contributed by atoms with Gasteiger partial charge in [0.05, 0.1) is 17.0 Å². The quantitative estimate of drug-likeness (QED) is 0.790. The standard InChI is InChI=1S/C16H21NO5S/c1-3-14(18)12-4-6-13(7-5-12)22-10-15(19)17-16(2)8-9-23(20,21)11-16/h4-7H,3,8-11H2,1-2H3,(H,17,19)/t16-/m1/s1. The Balaban J connectivity index is 1.86. The zero-order valence-electron chi connectivity index (χ0n) is 13.3. The molecule has 0 spiro atoms. The van der Waals surface area contributed by atoms with Crippen molar-refractivity contribution in [3.05, 3.63) is 29.8 Å². The highest BCUT2D eigenvalue weighted by Crippen LogP contribution is 2.22.